The van der Waals surface area contributed by atoms with Crippen LogP contribution in [-0.4, -0.2) is 24.2 Å². The lowest BCUT2D eigenvalue weighted by Crippen LogP contribution is -2.31. The number of aliphatic hydroxyl groups is 1. The zero-order valence-electron chi connectivity index (χ0n) is 13.1. The van der Waals surface area contributed by atoms with Crippen LogP contribution in [0.25, 0.3) is 0 Å². The lowest BCUT2D eigenvalue weighted by molar-refractivity contribution is -0.126. The summed E-state index contributed by atoms with van der Waals surface area (Å²) in [6.45, 7) is 4.14. The molecule has 118 valence electrons. The van der Waals surface area contributed by atoms with E-state index in [0.29, 0.717) is 25.2 Å². The van der Waals surface area contributed by atoms with Crippen molar-refractivity contribution in [3.8, 4) is 0 Å². The number of nitrogens with one attached hydrogen (secondary N) is 1. The summed E-state index contributed by atoms with van der Waals surface area (Å²) in [6.07, 6.45) is 1.99. The molecule has 0 aliphatic carbocycles. The van der Waals surface area contributed by atoms with Crippen molar-refractivity contribution < 1.29 is 14.3 Å². The Morgan fingerprint density at radius 2 is 1.86 bits per heavy atom. The molecule has 0 aliphatic heterocycles. The summed E-state index contributed by atoms with van der Waals surface area (Å²) in [7, 11) is 1.63. The van der Waals surface area contributed by atoms with E-state index in [1.807, 2.05) is 0 Å². The van der Waals surface area contributed by atoms with Crippen LogP contribution < -0.4 is 5.32 Å². The van der Waals surface area contributed by atoms with Crippen molar-refractivity contribution in [3.63, 3.8) is 0 Å². The normalized spacial score (nSPS) is 14.0. The molecule has 4 heteroatoms. The van der Waals surface area contributed by atoms with Crippen molar-refractivity contribution in [1.29, 1.82) is 0 Å². The molecule has 0 aliphatic rings. The maximum absolute atomic E-state index is 12.8. The van der Waals surface area contributed by atoms with Crippen LogP contribution in [0, 0.1) is 17.7 Å². The minimum absolute atomic E-state index is 0.00969. The highest BCUT2D eigenvalue weighted by Crippen LogP contribution is 2.20. The Labute approximate surface area is 126 Å². The zero-order chi connectivity index (χ0) is 15.8. The van der Waals surface area contributed by atoms with Crippen LogP contribution in [0.3, 0.4) is 0 Å². The number of rotatable bonds is 8. The second-order valence-electron chi connectivity index (χ2n) is 6.00. The quantitative estimate of drug-likeness (QED) is 0.774. The van der Waals surface area contributed by atoms with E-state index in [-0.39, 0.29) is 17.6 Å². The van der Waals surface area contributed by atoms with Gasteiger partial charge in [-0.25, -0.2) is 4.39 Å². The molecule has 0 radical (unpaired) electrons. The number of aryl methyl sites for hydroxylation is 1. The molecule has 1 rings (SSSR count). The van der Waals surface area contributed by atoms with Gasteiger partial charge in [0.2, 0.25) is 5.91 Å². The Kier molecular flexibility index (Phi) is 7.37. The third-order valence-corrected chi connectivity index (χ3v) is 3.61. The lowest BCUT2D eigenvalue weighted by Gasteiger charge is -2.20. The van der Waals surface area contributed by atoms with Gasteiger partial charge in [0.25, 0.3) is 0 Å². The second kappa shape index (κ2) is 8.78. The Morgan fingerprint density at radius 1 is 1.24 bits per heavy atom. The molecule has 0 spiro atoms. The summed E-state index contributed by atoms with van der Waals surface area (Å²) < 4.78 is 12.8. The molecule has 0 fully saturated rings. The molecule has 0 saturated carbocycles. The number of carbonyl (C=O) groups excluding carboxylic acids is 1. The average molecular weight is 295 g/mol. The minimum atomic E-state index is -0.517. The van der Waals surface area contributed by atoms with Crippen molar-refractivity contribution in [2.45, 2.75) is 45.6 Å². The molecule has 0 heterocycles. The highest BCUT2D eigenvalue weighted by molar-refractivity contribution is 5.78. The third-order valence-electron chi connectivity index (χ3n) is 3.61. The van der Waals surface area contributed by atoms with Crippen LogP contribution in [0.15, 0.2) is 24.3 Å². The van der Waals surface area contributed by atoms with Gasteiger partial charge in [-0.05, 0) is 49.3 Å². The maximum Gasteiger partial charge on any atom is 0.222 e. The first-order valence-electron chi connectivity index (χ1n) is 7.56. The SMILES string of the molecule is CNC(=O)[C@H](CC(C)C)C[C@@H](O)CCc1ccc(F)cc1. The first-order chi connectivity index (χ1) is 9.92. The van der Waals surface area contributed by atoms with Crippen molar-refractivity contribution >= 4 is 5.91 Å². The van der Waals surface area contributed by atoms with E-state index in [1.165, 1.54) is 12.1 Å². The van der Waals surface area contributed by atoms with Gasteiger partial charge in [-0.15, -0.1) is 0 Å². The van der Waals surface area contributed by atoms with Gasteiger partial charge in [0.15, 0.2) is 0 Å². The van der Waals surface area contributed by atoms with E-state index in [4.69, 9.17) is 0 Å². The molecule has 0 bridgehead atoms. The molecular formula is C17H26FNO2. The monoisotopic (exact) mass is 295 g/mol. The van der Waals surface area contributed by atoms with Gasteiger partial charge in [-0.1, -0.05) is 26.0 Å². The first-order valence-corrected chi connectivity index (χ1v) is 7.56. The van der Waals surface area contributed by atoms with Crippen molar-refractivity contribution in [2.24, 2.45) is 11.8 Å². The number of amides is 1. The summed E-state index contributed by atoms with van der Waals surface area (Å²) in [5.41, 5.74) is 0.996. The Balaban J connectivity index is 2.47. The summed E-state index contributed by atoms with van der Waals surface area (Å²) in [5.74, 6) is -0.00439. The van der Waals surface area contributed by atoms with Crippen molar-refractivity contribution in [3.05, 3.63) is 35.6 Å². The van der Waals surface area contributed by atoms with Gasteiger partial charge in [0, 0.05) is 13.0 Å². The molecule has 2 atom stereocenters. The molecule has 0 unspecified atom stereocenters. The number of benzene rings is 1. The van der Waals surface area contributed by atoms with Crippen LogP contribution in [0.1, 0.15) is 38.7 Å². The van der Waals surface area contributed by atoms with Gasteiger partial charge < -0.3 is 10.4 Å². The fourth-order valence-corrected chi connectivity index (χ4v) is 2.51. The number of carbonyl (C=O) groups is 1. The predicted molar refractivity (Wildman–Crippen MR) is 82.4 cm³/mol. The second-order valence-corrected chi connectivity index (χ2v) is 6.00. The van der Waals surface area contributed by atoms with Crippen LogP contribution >= 0.6 is 0 Å². The Hall–Kier alpha value is -1.42. The zero-order valence-corrected chi connectivity index (χ0v) is 13.1. The number of aliphatic hydroxyl groups excluding tert-OH is 1. The summed E-state index contributed by atoms with van der Waals surface area (Å²) in [6, 6.07) is 6.31. The minimum Gasteiger partial charge on any atom is -0.393 e. The molecule has 1 amide bonds. The first kappa shape index (κ1) is 17.6. The summed E-state index contributed by atoms with van der Waals surface area (Å²) in [4.78, 5) is 11.8. The van der Waals surface area contributed by atoms with Crippen LogP contribution in [0.5, 0.6) is 0 Å². The van der Waals surface area contributed by atoms with E-state index >= 15 is 0 Å². The van der Waals surface area contributed by atoms with Crippen molar-refractivity contribution in [2.75, 3.05) is 7.05 Å². The highest BCUT2D eigenvalue weighted by Gasteiger charge is 2.22. The Bertz CT molecular complexity index is 431. The van der Waals surface area contributed by atoms with Gasteiger partial charge in [0.1, 0.15) is 5.82 Å². The lowest BCUT2D eigenvalue weighted by atomic mass is 9.89. The Morgan fingerprint density at radius 3 is 2.38 bits per heavy atom. The molecule has 3 nitrogen and oxygen atoms in total. The van der Waals surface area contributed by atoms with Crippen molar-refractivity contribution in [1.82, 2.24) is 5.32 Å². The van der Waals surface area contributed by atoms with Crippen LogP contribution in [0.4, 0.5) is 4.39 Å². The maximum atomic E-state index is 12.8. The van der Waals surface area contributed by atoms with E-state index < -0.39 is 6.10 Å². The molecule has 0 saturated heterocycles. The standard InChI is InChI=1S/C17H26FNO2/c1-12(2)10-14(17(21)19-3)11-16(20)9-6-13-4-7-15(18)8-5-13/h4-5,7-8,12,14,16,20H,6,9-11H2,1-3H3,(H,19,21)/t14-,16+/m1/s1. The van der Waals surface area contributed by atoms with Gasteiger partial charge in [0.05, 0.1) is 6.10 Å². The topological polar surface area (TPSA) is 49.3 Å². The summed E-state index contributed by atoms with van der Waals surface area (Å²) in [5, 5.41) is 12.8. The largest absolute Gasteiger partial charge is 0.393 e. The molecule has 2 N–H and O–H groups in total. The van der Waals surface area contributed by atoms with E-state index in [2.05, 4.69) is 19.2 Å². The third kappa shape index (κ3) is 6.71. The van der Waals surface area contributed by atoms with E-state index in [9.17, 15) is 14.3 Å². The molecule has 1 aromatic rings. The van der Waals surface area contributed by atoms with Crippen LogP contribution in [-0.2, 0) is 11.2 Å². The van der Waals surface area contributed by atoms with Gasteiger partial charge in [-0.2, -0.15) is 0 Å². The molecular weight excluding hydrogens is 269 g/mol. The smallest absolute Gasteiger partial charge is 0.222 e. The predicted octanol–water partition coefficient (Wildman–Crippen LogP) is 2.92. The van der Waals surface area contributed by atoms with E-state index in [0.717, 1.165) is 12.0 Å². The molecule has 0 aromatic heterocycles. The fraction of sp³-hybridized carbons (Fsp3) is 0.588. The highest BCUT2D eigenvalue weighted by atomic mass is 19.1. The number of hydrogen-bond donors (Lipinski definition) is 2. The average Bonchev–Trinajstić information content (AvgIpc) is 2.44. The fourth-order valence-electron chi connectivity index (χ4n) is 2.51. The number of hydrogen-bond acceptors (Lipinski definition) is 2. The molecule has 21 heavy (non-hydrogen) atoms. The molecule has 1 aromatic carbocycles. The van der Waals surface area contributed by atoms with Gasteiger partial charge in [-0.3, -0.25) is 4.79 Å². The van der Waals surface area contributed by atoms with E-state index in [1.54, 1.807) is 19.2 Å². The van der Waals surface area contributed by atoms with Gasteiger partial charge >= 0.3 is 0 Å². The summed E-state index contributed by atoms with van der Waals surface area (Å²) >= 11 is 0. The number of halogens is 1. The van der Waals surface area contributed by atoms with Crippen LogP contribution in [0.2, 0.25) is 0 Å².